The zero-order chi connectivity index (χ0) is 7.28. The topological polar surface area (TPSA) is 12.0 Å². The molecule has 0 aromatic rings. The lowest BCUT2D eigenvalue weighted by molar-refractivity contribution is 1.03. The van der Waals surface area contributed by atoms with Gasteiger partial charge in [-0.25, -0.2) is 0 Å². The molecule has 0 aliphatic rings. The summed E-state index contributed by atoms with van der Waals surface area (Å²) in [4.78, 5) is 0.813. The Morgan fingerprint density at radius 2 is 2.00 bits per heavy atom. The summed E-state index contributed by atoms with van der Waals surface area (Å²) in [6.45, 7) is 7.14. The van der Waals surface area contributed by atoms with Crippen molar-refractivity contribution in [1.29, 1.82) is 0 Å². The van der Waals surface area contributed by atoms with Crippen LogP contribution >= 0.6 is 12.6 Å². The number of hydrogen-bond donors (Lipinski definition) is 2. The number of likely N-dealkylation sites (N-methyl/N-ethyl adjacent to an activating group) is 1. The van der Waals surface area contributed by atoms with Gasteiger partial charge in [-0.2, -0.15) is 0 Å². The van der Waals surface area contributed by atoms with Crippen molar-refractivity contribution in [2.45, 2.75) is 0 Å². The molecule has 1 N–H and O–H groups in total. The molecule has 50 valence electrons. The van der Waals surface area contributed by atoms with E-state index in [9.17, 15) is 0 Å². The van der Waals surface area contributed by atoms with E-state index in [1.54, 1.807) is 12.2 Å². The highest BCUT2D eigenvalue weighted by Gasteiger charge is 1.88. The van der Waals surface area contributed by atoms with E-state index < -0.39 is 0 Å². The van der Waals surface area contributed by atoms with E-state index >= 15 is 0 Å². The maximum atomic E-state index is 4.11. The molecule has 9 heavy (non-hydrogen) atoms. The van der Waals surface area contributed by atoms with Crippen molar-refractivity contribution in [3.8, 4) is 0 Å². The van der Waals surface area contributed by atoms with Crippen molar-refractivity contribution < 1.29 is 0 Å². The van der Waals surface area contributed by atoms with Crippen LogP contribution in [-0.2, 0) is 0 Å². The molecule has 0 saturated heterocycles. The van der Waals surface area contributed by atoms with Crippen molar-refractivity contribution in [2.75, 3.05) is 7.05 Å². The van der Waals surface area contributed by atoms with Gasteiger partial charge in [0.15, 0.2) is 0 Å². The van der Waals surface area contributed by atoms with Crippen molar-refractivity contribution >= 4 is 12.6 Å². The summed E-state index contributed by atoms with van der Waals surface area (Å²) in [5.41, 5.74) is 0.897. The van der Waals surface area contributed by atoms with Crippen molar-refractivity contribution in [2.24, 2.45) is 0 Å². The molecule has 0 aromatic carbocycles. The zero-order valence-electron chi connectivity index (χ0n) is 5.52. The minimum atomic E-state index is 0.813. The monoisotopic (exact) mass is 141 g/mol. The standard InChI is InChI=1S/C7H11NS/c1-4-6(8-3)7(9)5-2/h4-5,8-9H,1-2H2,3H3/b7-6-. The van der Waals surface area contributed by atoms with Crippen molar-refractivity contribution in [3.63, 3.8) is 0 Å². The van der Waals surface area contributed by atoms with E-state index in [-0.39, 0.29) is 0 Å². The van der Waals surface area contributed by atoms with Gasteiger partial charge in [0.2, 0.25) is 0 Å². The maximum absolute atomic E-state index is 4.11. The Bertz CT molecular complexity index is 147. The SMILES string of the molecule is C=C/C(S)=C(\C=C)NC. The predicted molar refractivity (Wildman–Crippen MR) is 45.5 cm³/mol. The molecule has 0 aliphatic carbocycles. The largest absolute Gasteiger partial charge is 0.387 e. The molecule has 1 nitrogen and oxygen atoms in total. The lowest BCUT2D eigenvalue weighted by Gasteiger charge is -2.00. The molecular weight excluding hydrogens is 130 g/mol. The van der Waals surface area contributed by atoms with Crippen LogP contribution in [0.5, 0.6) is 0 Å². The van der Waals surface area contributed by atoms with Gasteiger partial charge in [-0.15, -0.1) is 12.6 Å². The molecule has 0 aromatic heterocycles. The average Bonchev–Trinajstić information content (AvgIpc) is 1.90. The molecule has 0 heterocycles. The fourth-order valence-corrected chi connectivity index (χ4v) is 0.648. The number of hydrogen-bond acceptors (Lipinski definition) is 2. The van der Waals surface area contributed by atoms with Gasteiger partial charge in [-0.05, 0) is 6.08 Å². The molecule has 0 aliphatic heterocycles. The summed E-state index contributed by atoms with van der Waals surface area (Å²) in [5, 5.41) is 2.92. The first-order valence-electron chi connectivity index (χ1n) is 2.62. The Hall–Kier alpha value is -0.630. The number of allylic oxidation sites excluding steroid dienone is 2. The van der Waals surface area contributed by atoms with E-state index in [1.165, 1.54) is 0 Å². The predicted octanol–water partition coefficient (Wildman–Crippen LogP) is 1.72. The third-order valence-corrected chi connectivity index (χ3v) is 1.37. The van der Waals surface area contributed by atoms with Gasteiger partial charge < -0.3 is 5.32 Å². The quantitative estimate of drug-likeness (QED) is 0.450. The summed E-state index contributed by atoms with van der Waals surface area (Å²) in [5.74, 6) is 0. The van der Waals surface area contributed by atoms with Crippen molar-refractivity contribution in [1.82, 2.24) is 5.32 Å². The van der Waals surface area contributed by atoms with E-state index in [2.05, 4.69) is 31.1 Å². The lowest BCUT2D eigenvalue weighted by Crippen LogP contribution is -2.03. The maximum Gasteiger partial charge on any atom is 0.0467 e. The molecule has 0 amide bonds. The number of nitrogens with one attached hydrogen (secondary N) is 1. The van der Waals surface area contributed by atoms with Crippen LogP contribution in [0.3, 0.4) is 0 Å². The third kappa shape index (κ3) is 2.42. The summed E-state index contributed by atoms with van der Waals surface area (Å²) >= 11 is 4.11. The first-order valence-corrected chi connectivity index (χ1v) is 3.06. The van der Waals surface area contributed by atoms with Crippen LogP contribution in [0.25, 0.3) is 0 Å². The van der Waals surface area contributed by atoms with Crippen LogP contribution in [0.2, 0.25) is 0 Å². The molecule has 0 saturated carbocycles. The highest BCUT2D eigenvalue weighted by atomic mass is 32.1. The van der Waals surface area contributed by atoms with E-state index in [1.807, 2.05) is 7.05 Å². The van der Waals surface area contributed by atoms with E-state index in [0.29, 0.717) is 0 Å². The Morgan fingerprint density at radius 1 is 1.44 bits per heavy atom. The molecule has 2 heteroatoms. The lowest BCUT2D eigenvalue weighted by atomic mass is 10.4. The Balaban J connectivity index is 4.36. The summed E-state index contributed by atoms with van der Waals surface area (Å²) in [7, 11) is 1.82. The molecule has 0 unspecified atom stereocenters. The zero-order valence-corrected chi connectivity index (χ0v) is 6.41. The van der Waals surface area contributed by atoms with Gasteiger partial charge in [0.25, 0.3) is 0 Å². The van der Waals surface area contributed by atoms with Gasteiger partial charge in [-0.3, -0.25) is 0 Å². The first-order chi connectivity index (χ1) is 4.26. The highest BCUT2D eigenvalue weighted by Crippen LogP contribution is 2.06. The van der Waals surface area contributed by atoms with E-state index in [0.717, 1.165) is 10.6 Å². The molecule has 0 rings (SSSR count). The summed E-state index contributed by atoms with van der Waals surface area (Å²) in [6.07, 6.45) is 3.36. The number of thiol groups is 1. The molecule has 0 bridgehead atoms. The second-order valence-electron chi connectivity index (χ2n) is 1.46. The van der Waals surface area contributed by atoms with Gasteiger partial charge >= 0.3 is 0 Å². The van der Waals surface area contributed by atoms with Crippen molar-refractivity contribution in [3.05, 3.63) is 35.9 Å². The minimum Gasteiger partial charge on any atom is -0.387 e. The second kappa shape index (κ2) is 4.27. The summed E-state index contributed by atoms with van der Waals surface area (Å²) in [6, 6.07) is 0. The molecule has 0 radical (unpaired) electrons. The van der Waals surface area contributed by atoms with Crippen LogP contribution < -0.4 is 5.32 Å². The second-order valence-corrected chi connectivity index (χ2v) is 1.94. The van der Waals surface area contributed by atoms with Gasteiger partial charge in [0, 0.05) is 17.6 Å². The molecule has 0 spiro atoms. The normalized spacial score (nSPS) is 11.8. The summed E-state index contributed by atoms with van der Waals surface area (Å²) < 4.78 is 0. The van der Waals surface area contributed by atoms with Gasteiger partial charge in [0.1, 0.15) is 0 Å². The van der Waals surface area contributed by atoms with Crippen LogP contribution in [0, 0.1) is 0 Å². The minimum absolute atomic E-state index is 0.813. The number of rotatable bonds is 3. The average molecular weight is 141 g/mol. The fraction of sp³-hybridized carbons (Fsp3) is 0.143. The smallest absolute Gasteiger partial charge is 0.0467 e. The van der Waals surface area contributed by atoms with Crippen LogP contribution in [-0.4, -0.2) is 7.05 Å². The van der Waals surface area contributed by atoms with Gasteiger partial charge in [-0.1, -0.05) is 19.2 Å². The molecule has 0 fully saturated rings. The van der Waals surface area contributed by atoms with Crippen LogP contribution in [0.15, 0.2) is 35.9 Å². The van der Waals surface area contributed by atoms with Crippen LogP contribution in [0.4, 0.5) is 0 Å². The Morgan fingerprint density at radius 3 is 2.11 bits per heavy atom. The van der Waals surface area contributed by atoms with Crippen LogP contribution in [0.1, 0.15) is 0 Å². The molecule has 0 atom stereocenters. The Kier molecular flexibility index (Phi) is 3.97. The molecular formula is C7H11NS. The highest BCUT2D eigenvalue weighted by molar-refractivity contribution is 7.84. The first kappa shape index (κ1) is 8.37. The fourth-order valence-electron chi connectivity index (χ4n) is 0.445. The Labute approximate surface area is 61.6 Å². The third-order valence-electron chi connectivity index (χ3n) is 0.943. The van der Waals surface area contributed by atoms with Gasteiger partial charge in [0.05, 0.1) is 0 Å². The van der Waals surface area contributed by atoms with E-state index in [4.69, 9.17) is 0 Å².